The molecular formula is C18H18BrNO6. The third-order valence-electron chi connectivity index (χ3n) is 5.52. The van der Waals surface area contributed by atoms with Crippen LogP contribution in [0.1, 0.15) is 6.42 Å². The molecule has 3 aliphatic rings. The highest BCUT2D eigenvalue weighted by molar-refractivity contribution is 9.09. The Hall–Kier alpha value is -2.09. The molecule has 2 bridgehead atoms. The van der Waals surface area contributed by atoms with Crippen LogP contribution in [0.2, 0.25) is 0 Å². The summed E-state index contributed by atoms with van der Waals surface area (Å²) in [5.74, 6) is -1.71. The predicted octanol–water partition coefficient (Wildman–Crippen LogP) is 1.75. The number of halogens is 1. The fourth-order valence-electron chi connectivity index (χ4n) is 4.46. The first-order chi connectivity index (χ1) is 12.5. The van der Waals surface area contributed by atoms with E-state index >= 15 is 0 Å². The minimum absolute atomic E-state index is 0.00577. The van der Waals surface area contributed by atoms with Crippen molar-refractivity contribution in [3.8, 4) is 5.75 Å². The van der Waals surface area contributed by atoms with Crippen molar-refractivity contribution in [2.75, 3.05) is 19.0 Å². The number of para-hydroxylation sites is 2. The van der Waals surface area contributed by atoms with Gasteiger partial charge in [0.05, 0.1) is 29.5 Å². The van der Waals surface area contributed by atoms with Crippen LogP contribution in [0.5, 0.6) is 5.75 Å². The SMILES string of the molecule is COc1ccccc1NC(=O)COC(=O)[C@@H]1[C@H]2C[C@H]3[C@H](OC(=O)[C@H]31)[C@@H]2Br. The third kappa shape index (κ3) is 2.67. The molecule has 26 heavy (non-hydrogen) atoms. The zero-order valence-electron chi connectivity index (χ0n) is 14.0. The summed E-state index contributed by atoms with van der Waals surface area (Å²) < 4.78 is 15.8. The van der Waals surface area contributed by atoms with Crippen LogP contribution in [-0.4, -0.2) is 42.5 Å². The Balaban J connectivity index is 1.37. The fourth-order valence-corrected chi connectivity index (χ4v) is 5.51. The van der Waals surface area contributed by atoms with Crippen molar-refractivity contribution in [3.05, 3.63) is 24.3 Å². The zero-order chi connectivity index (χ0) is 18.4. The highest BCUT2D eigenvalue weighted by Gasteiger charge is 2.68. The number of alkyl halides is 1. The quantitative estimate of drug-likeness (QED) is 0.572. The Morgan fingerprint density at radius 1 is 1.31 bits per heavy atom. The maximum Gasteiger partial charge on any atom is 0.310 e. The average molecular weight is 424 g/mol. The van der Waals surface area contributed by atoms with Crippen LogP contribution in [0.4, 0.5) is 5.69 Å². The number of carbonyl (C=O) groups is 3. The van der Waals surface area contributed by atoms with Gasteiger partial charge in [-0.2, -0.15) is 0 Å². The van der Waals surface area contributed by atoms with Crippen molar-refractivity contribution >= 4 is 39.5 Å². The Morgan fingerprint density at radius 3 is 2.85 bits per heavy atom. The molecule has 4 rings (SSSR count). The van der Waals surface area contributed by atoms with Crippen LogP contribution >= 0.6 is 15.9 Å². The molecule has 8 heteroatoms. The second kappa shape index (κ2) is 6.57. The summed E-state index contributed by atoms with van der Waals surface area (Å²) in [5, 5.41) is 2.65. The second-order valence-corrected chi connectivity index (χ2v) is 7.87. The minimum Gasteiger partial charge on any atom is -0.495 e. The van der Waals surface area contributed by atoms with Gasteiger partial charge in [0, 0.05) is 5.92 Å². The number of nitrogens with one attached hydrogen (secondary N) is 1. The van der Waals surface area contributed by atoms with Gasteiger partial charge >= 0.3 is 11.9 Å². The molecule has 1 N–H and O–H groups in total. The van der Waals surface area contributed by atoms with Crippen LogP contribution in [-0.2, 0) is 23.9 Å². The first-order valence-corrected chi connectivity index (χ1v) is 9.37. The molecule has 0 spiro atoms. The summed E-state index contributed by atoms with van der Waals surface area (Å²) >= 11 is 3.55. The van der Waals surface area contributed by atoms with E-state index in [4.69, 9.17) is 14.2 Å². The molecule has 0 radical (unpaired) electrons. The summed E-state index contributed by atoms with van der Waals surface area (Å²) in [6, 6.07) is 6.96. The Labute approximate surface area is 158 Å². The van der Waals surface area contributed by atoms with Crippen molar-refractivity contribution in [3.63, 3.8) is 0 Å². The lowest BCUT2D eigenvalue weighted by atomic mass is 9.80. The predicted molar refractivity (Wildman–Crippen MR) is 93.8 cm³/mol. The standard InChI is InChI=1S/C18H18BrNO6/c1-24-11-5-3-2-4-10(11)20-12(21)7-25-17(22)13-8-6-9-14(13)18(23)26-16(9)15(8)19/h2-5,8-9,13-16H,6-7H2,1H3,(H,20,21)/t8-,9-,13-,14-,15-,16+/m1/s1. The van der Waals surface area contributed by atoms with Crippen LogP contribution in [0.15, 0.2) is 24.3 Å². The number of amides is 1. The molecule has 1 aromatic rings. The minimum atomic E-state index is -0.547. The van der Waals surface area contributed by atoms with E-state index in [1.165, 1.54) is 7.11 Å². The van der Waals surface area contributed by atoms with Crippen LogP contribution in [0.25, 0.3) is 0 Å². The molecule has 2 saturated carbocycles. The first-order valence-electron chi connectivity index (χ1n) is 8.45. The van der Waals surface area contributed by atoms with E-state index in [1.54, 1.807) is 24.3 Å². The molecule has 2 aliphatic carbocycles. The van der Waals surface area contributed by atoms with E-state index in [2.05, 4.69) is 21.2 Å². The zero-order valence-corrected chi connectivity index (χ0v) is 15.6. The second-order valence-electron chi connectivity index (χ2n) is 6.82. The molecule has 1 saturated heterocycles. The van der Waals surface area contributed by atoms with Crippen LogP contribution in [0, 0.1) is 23.7 Å². The van der Waals surface area contributed by atoms with E-state index in [1.807, 2.05) is 0 Å². The molecule has 0 aromatic heterocycles. The summed E-state index contributed by atoms with van der Waals surface area (Å²) in [5.41, 5.74) is 0.499. The first kappa shape index (κ1) is 17.3. The largest absolute Gasteiger partial charge is 0.495 e. The number of hydrogen-bond acceptors (Lipinski definition) is 6. The molecule has 1 amide bonds. The maximum atomic E-state index is 12.5. The van der Waals surface area contributed by atoms with E-state index in [-0.39, 0.29) is 28.7 Å². The van der Waals surface area contributed by atoms with Crippen molar-refractivity contribution in [2.45, 2.75) is 17.4 Å². The number of benzene rings is 1. The third-order valence-corrected chi connectivity index (χ3v) is 6.72. The van der Waals surface area contributed by atoms with Crippen molar-refractivity contribution in [2.24, 2.45) is 23.7 Å². The Kier molecular flexibility index (Phi) is 4.38. The number of carbonyl (C=O) groups excluding carboxylic acids is 3. The van der Waals surface area contributed by atoms with Gasteiger partial charge in [-0.1, -0.05) is 28.1 Å². The Morgan fingerprint density at radius 2 is 2.08 bits per heavy atom. The number of fused-ring (bicyclic) bond motifs is 1. The molecule has 1 aliphatic heterocycles. The van der Waals surface area contributed by atoms with Gasteiger partial charge in [-0.3, -0.25) is 14.4 Å². The van der Waals surface area contributed by atoms with E-state index in [9.17, 15) is 14.4 Å². The molecule has 0 unspecified atom stereocenters. The number of esters is 2. The number of anilines is 1. The Bertz CT molecular complexity index is 768. The summed E-state index contributed by atoms with van der Waals surface area (Å²) in [6.45, 7) is -0.414. The van der Waals surface area contributed by atoms with Crippen molar-refractivity contribution in [1.29, 1.82) is 0 Å². The lowest BCUT2D eigenvalue weighted by Crippen LogP contribution is -2.39. The van der Waals surface area contributed by atoms with Gasteiger partial charge in [0.25, 0.3) is 5.91 Å². The van der Waals surface area contributed by atoms with E-state index < -0.39 is 30.3 Å². The van der Waals surface area contributed by atoms with Gasteiger partial charge in [0.15, 0.2) is 6.61 Å². The molecular weight excluding hydrogens is 406 g/mol. The molecule has 1 heterocycles. The summed E-state index contributed by atoms with van der Waals surface area (Å²) in [7, 11) is 1.50. The van der Waals surface area contributed by atoms with Gasteiger partial charge in [0.2, 0.25) is 0 Å². The average Bonchev–Trinajstić information content (AvgIpc) is 3.24. The van der Waals surface area contributed by atoms with E-state index in [0.29, 0.717) is 11.4 Å². The van der Waals surface area contributed by atoms with Crippen molar-refractivity contribution in [1.82, 2.24) is 0 Å². The number of rotatable bonds is 5. The van der Waals surface area contributed by atoms with Gasteiger partial charge in [-0.25, -0.2) is 0 Å². The summed E-state index contributed by atoms with van der Waals surface area (Å²) in [4.78, 5) is 36.7. The van der Waals surface area contributed by atoms with Gasteiger partial charge in [-0.05, 0) is 24.5 Å². The summed E-state index contributed by atoms with van der Waals surface area (Å²) in [6.07, 6.45) is 0.625. The van der Waals surface area contributed by atoms with Gasteiger partial charge < -0.3 is 19.5 Å². The lowest BCUT2D eigenvalue weighted by molar-refractivity contribution is -0.157. The number of methoxy groups -OCH3 is 1. The topological polar surface area (TPSA) is 90.9 Å². The highest BCUT2D eigenvalue weighted by Crippen LogP contribution is 2.60. The normalized spacial score (nSPS) is 33.7. The lowest BCUT2D eigenvalue weighted by Gasteiger charge is -2.26. The highest BCUT2D eigenvalue weighted by atomic mass is 79.9. The molecule has 7 nitrogen and oxygen atoms in total. The van der Waals surface area contributed by atoms with Gasteiger partial charge in [-0.15, -0.1) is 0 Å². The van der Waals surface area contributed by atoms with Gasteiger partial charge in [0.1, 0.15) is 11.9 Å². The van der Waals surface area contributed by atoms with E-state index in [0.717, 1.165) is 6.42 Å². The van der Waals surface area contributed by atoms with Crippen LogP contribution in [0.3, 0.4) is 0 Å². The molecule has 6 atom stereocenters. The fraction of sp³-hybridized carbons (Fsp3) is 0.500. The molecule has 3 fully saturated rings. The smallest absolute Gasteiger partial charge is 0.310 e. The van der Waals surface area contributed by atoms with Crippen molar-refractivity contribution < 1.29 is 28.6 Å². The maximum absolute atomic E-state index is 12.5. The molecule has 1 aromatic carbocycles. The number of hydrogen-bond donors (Lipinski definition) is 1. The monoisotopic (exact) mass is 423 g/mol. The van der Waals surface area contributed by atoms with Crippen LogP contribution < -0.4 is 10.1 Å². The number of ether oxygens (including phenoxy) is 3. The molecule has 138 valence electrons.